The Balaban J connectivity index is 0.000000791. The molecule has 0 unspecified atom stereocenters. The van der Waals surface area contributed by atoms with E-state index in [0.29, 0.717) is 0 Å². The van der Waals surface area contributed by atoms with E-state index >= 15 is 0 Å². The van der Waals surface area contributed by atoms with Crippen LogP contribution in [0.5, 0.6) is 0 Å². The predicted octanol–water partition coefficient (Wildman–Crippen LogP) is 2.00. The number of rotatable bonds is 1. The van der Waals surface area contributed by atoms with Crippen molar-refractivity contribution in [3.05, 3.63) is 33.8 Å². The van der Waals surface area contributed by atoms with E-state index in [4.69, 9.17) is 5.11 Å². The van der Waals surface area contributed by atoms with Gasteiger partial charge in [-0.15, -0.1) is 0 Å². The highest BCUT2D eigenvalue weighted by Gasteiger charge is 2.16. The van der Waals surface area contributed by atoms with Gasteiger partial charge in [0, 0.05) is 4.47 Å². The summed E-state index contributed by atoms with van der Waals surface area (Å²) in [6, 6.07) is 1.79. The zero-order valence-corrected chi connectivity index (χ0v) is 8.81. The Morgan fingerprint density at radius 2 is 1.71 bits per heavy atom. The standard InChI is InChI=1S/C7H3BrF2O2.CH5N/c8-3-1-4(9)6(7(11)12)5(10)2-3;1-2/h1-2H,(H,11,12);2H2,1H3. The first-order valence-corrected chi connectivity index (χ1v) is 4.27. The van der Waals surface area contributed by atoms with Gasteiger partial charge in [0.2, 0.25) is 0 Å². The highest BCUT2D eigenvalue weighted by atomic mass is 79.9. The number of hydrogen-bond acceptors (Lipinski definition) is 2. The molecule has 3 nitrogen and oxygen atoms in total. The van der Waals surface area contributed by atoms with Gasteiger partial charge in [0.15, 0.2) is 0 Å². The number of hydrogen-bond donors (Lipinski definition) is 2. The maximum Gasteiger partial charge on any atom is 0.341 e. The van der Waals surface area contributed by atoms with Gasteiger partial charge in [-0.1, -0.05) is 15.9 Å². The van der Waals surface area contributed by atoms with Crippen LogP contribution in [0.3, 0.4) is 0 Å². The normalized spacial score (nSPS) is 8.93. The molecule has 1 rings (SSSR count). The summed E-state index contributed by atoms with van der Waals surface area (Å²) in [6.45, 7) is 0. The Hall–Kier alpha value is -1.01. The molecule has 0 saturated carbocycles. The summed E-state index contributed by atoms with van der Waals surface area (Å²) in [5.41, 5.74) is 3.57. The topological polar surface area (TPSA) is 63.3 Å². The van der Waals surface area contributed by atoms with Crippen molar-refractivity contribution >= 4 is 21.9 Å². The molecule has 78 valence electrons. The molecule has 0 heterocycles. The lowest BCUT2D eigenvalue weighted by Gasteiger charge is -1.99. The molecule has 0 aliphatic heterocycles. The van der Waals surface area contributed by atoms with Gasteiger partial charge in [-0.2, -0.15) is 0 Å². The van der Waals surface area contributed by atoms with Gasteiger partial charge in [-0.3, -0.25) is 0 Å². The van der Waals surface area contributed by atoms with Crippen molar-refractivity contribution in [2.45, 2.75) is 0 Å². The summed E-state index contributed by atoms with van der Waals surface area (Å²) in [5.74, 6) is -3.79. The summed E-state index contributed by atoms with van der Waals surface area (Å²) in [7, 11) is 1.50. The minimum absolute atomic E-state index is 0.169. The average molecular weight is 268 g/mol. The van der Waals surface area contributed by atoms with Crippen molar-refractivity contribution in [2.75, 3.05) is 7.05 Å². The van der Waals surface area contributed by atoms with E-state index in [1.807, 2.05) is 0 Å². The third-order valence-corrected chi connectivity index (χ3v) is 1.68. The molecule has 0 amide bonds. The minimum atomic E-state index is -1.61. The molecule has 3 N–H and O–H groups in total. The molecule has 0 saturated heterocycles. The van der Waals surface area contributed by atoms with E-state index in [2.05, 4.69) is 21.7 Å². The number of carboxylic acid groups (broad SMARTS) is 1. The van der Waals surface area contributed by atoms with Crippen LogP contribution < -0.4 is 5.73 Å². The fraction of sp³-hybridized carbons (Fsp3) is 0.125. The van der Waals surface area contributed by atoms with Crippen LogP contribution >= 0.6 is 15.9 Å². The first-order chi connectivity index (χ1) is 6.52. The number of benzene rings is 1. The first-order valence-electron chi connectivity index (χ1n) is 3.48. The molecule has 0 fully saturated rings. The minimum Gasteiger partial charge on any atom is -0.477 e. The molecular weight excluding hydrogens is 260 g/mol. The molecule has 1 aromatic rings. The maximum absolute atomic E-state index is 12.7. The van der Waals surface area contributed by atoms with Crippen molar-refractivity contribution in [2.24, 2.45) is 5.73 Å². The lowest BCUT2D eigenvalue weighted by atomic mass is 10.2. The molecular formula is C8H8BrF2NO2. The molecule has 1 aromatic carbocycles. The van der Waals surface area contributed by atoms with Crippen LogP contribution in [0.15, 0.2) is 16.6 Å². The number of halogens is 3. The number of aromatic carboxylic acids is 1. The second-order valence-corrected chi connectivity index (χ2v) is 2.97. The van der Waals surface area contributed by atoms with Crippen LogP contribution in [-0.2, 0) is 0 Å². The Morgan fingerprint density at radius 1 is 1.36 bits per heavy atom. The summed E-state index contributed by atoms with van der Waals surface area (Å²) >= 11 is 2.82. The number of carboxylic acids is 1. The lowest BCUT2D eigenvalue weighted by molar-refractivity contribution is 0.0686. The van der Waals surface area contributed by atoms with E-state index < -0.39 is 23.2 Å². The van der Waals surface area contributed by atoms with E-state index in [1.54, 1.807) is 0 Å². The van der Waals surface area contributed by atoms with Crippen LogP contribution in [0.4, 0.5) is 8.78 Å². The van der Waals surface area contributed by atoms with E-state index in [1.165, 1.54) is 7.05 Å². The average Bonchev–Trinajstić information content (AvgIpc) is 2.04. The Labute approximate surface area is 87.7 Å². The van der Waals surface area contributed by atoms with Crippen LogP contribution in [0.2, 0.25) is 0 Å². The van der Waals surface area contributed by atoms with Gasteiger partial charge in [0.25, 0.3) is 0 Å². The van der Waals surface area contributed by atoms with Gasteiger partial charge in [0.1, 0.15) is 17.2 Å². The Kier molecular flexibility index (Phi) is 5.26. The Morgan fingerprint density at radius 3 is 2.00 bits per heavy atom. The predicted molar refractivity (Wildman–Crippen MR) is 51.1 cm³/mol. The molecule has 0 radical (unpaired) electrons. The van der Waals surface area contributed by atoms with Crippen molar-refractivity contribution in [1.82, 2.24) is 0 Å². The molecule has 6 heteroatoms. The Bertz CT molecular complexity index is 321. The highest BCUT2D eigenvalue weighted by Crippen LogP contribution is 2.18. The number of carbonyl (C=O) groups is 1. The molecule has 0 bridgehead atoms. The van der Waals surface area contributed by atoms with Crippen molar-refractivity contribution in [1.29, 1.82) is 0 Å². The molecule has 0 aromatic heterocycles. The molecule has 0 aliphatic rings. The summed E-state index contributed by atoms with van der Waals surface area (Å²) in [4.78, 5) is 10.3. The largest absolute Gasteiger partial charge is 0.477 e. The van der Waals surface area contributed by atoms with Gasteiger partial charge in [-0.25, -0.2) is 13.6 Å². The van der Waals surface area contributed by atoms with E-state index in [-0.39, 0.29) is 4.47 Å². The number of nitrogens with two attached hydrogens (primary N) is 1. The van der Waals surface area contributed by atoms with Gasteiger partial charge < -0.3 is 10.8 Å². The third kappa shape index (κ3) is 3.04. The van der Waals surface area contributed by atoms with Crippen molar-refractivity contribution in [3.8, 4) is 0 Å². The van der Waals surface area contributed by atoms with Crippen LogP contribution in [0, 0.1) is 11.6 Å². The molecule has 0 spiro atoms. The van der Waals surface area contributed by atoms with Crippen molar-refractivity contribution in [3.63, 3.8) is 0 Å². The van der Waals surface area contributed by atoms with Gasteiger partial charge >= 0.3 is 5.97 Å². The monoisotopic (exact) mass is 267 g/mol. The first kappa shape index (κ1) is 13.0. The fourth-order valence-electron chi connectivity index (χ4n) is 0.747. The second-order valence-electron chi connectivity index (χ2n) is 2.05. The maximum atomic E-state index is 12.7. The summed E-state index contributed by atoms with van der Waals surface area (Å²) in [6.07, 6.45) is 0. The summed E-state index contributed by atoms with van der Waals surface area (Å²) < 4.78 is 25.6. The van der Waals surface area contributed by atoms with Crippen LogP contribution in [-0.4, -0.2) is 18.1 Å². The second kappa shape index (κ2) is 5.66. The molecule has 0 atom stereocenters. The van der Waals surface area contributed by atoms with E-state index in [9.17, 15) is 13.6 Å². The fourth-order valence-corrected chi connectivity index (χ4v) is 1.15. The molecule has 14 heavy (non-hydrogen) atoms. The van der Waals surface area contributed by atoms with Crippen molar-refractivity contribution < 1.29 is 18.7 Å². The zero-order chi connectivity index (χ0) is 11.3. The zero-order valence-electron chi connectivity index (χ0n) is 7.22. The lowest BCUT2D eigenvalue weighted by Crippen LogP contribution is -2.04. The quantitative estimate of drug-likeness (QED) is 0.818. The third-order valence-electron chi connectivity index (χ3n) is 1.22. The van der Waals surface area contributed by atoms with E-state index in [0.717, 1.165) is 12.1 Å². The molecule has 0 aliphatic carbocycles. The smallest absolute Gasteiger partial charge is 0.341 e. The van der Waals surface area contributed by atoms with Crippen LogP contribution in [0.25, 0.3) is 0 Å². The van der Waals surface area contributed by atoms with Crippen LogP contribution in [0.1, 0.15) is 10.4 Å². The highest BCUT2D eigenvalue weighted by molar-refractivity contribution is 9.10. The SMILES string of the molecule is CN.O=C(O)c1c(F)cc(Br)cc1F. The van der Waals surface area contributed by atoms with Gasteiger partial charge in [-0.05, 0) is 19.2 Å². The summed E-state index contributed by atoms with van der Waals surface area (Å²) in [5, 5.41) is 8.34. The van der Waals surface area contributed by atoms with Gasteiger partial charge in [0.05, 0.1) is 0 Å².